The summed E-state index contributed by atoms with van der Waals surface area (Å²) in [6.45, 7) is 5.98. The van der Waals surface area contributed by atoms with Crippen LogP contribution in [0, 0.1) is 11.3 Å². The third-order valence-electron chi connectivity index (χ3n) is 6.22. The van der Waals surface area contributed by atoms with Crippen LogP contribution in [-0.4, -0.2) is 29.3 Å². The first-order valence-corrected chi connectivity index (χ1v) is 11.9. The van der Waals surface area contributed by atoms with Gasteiger partial charge in [-0.3, -0.25) is 5.73 Å². The molecule has 5 N–H and O–H groups in total. The van der Waals surface area contributed by atoms with Gasteiger partial charge in [0.25, 0.3) is 0 Å². The molecule has 1 amide bonds. The normalized spacial score (nSPS) is 12.7. The minimum atomic E-state index is -0.727. The zero-order chi connectivity index (χ0) is 21.8. The van der Waals surface area contributed by atoms with Gasteiger partial charge in [-0.1, -0.05) is 70.1 Å². The predicted octanol–water partition coefficient (Wildman–Crippen LogP) is 1.96. The Morgan fingerprint density at radius 1 is 0.933 bits per heavy atom. The van der Waals surface area contributed by atoms with Gasteiger partial charge in [0.2, 0.25) is 0 Å². The smallest absolute Gasteiger partial charge is 0.315 e. The van der Waals surface area contributed by atoms with Gasteiger partial charge in [-0.05, 0) is 57.3 Å². The van der Waals surface area contributed by atoms with Crippen LogP contribution in [-0.2, 0) is 4.79 Å². The number of halogens is 1. The molecule has 0 aromatic carbocycles. The van der Waals surface area contributed by atoms with Gasteiger partial charge in [0, 0.05) is 13.2 Å². The van der Waals surface area contributed by atoms with Gasteiger partial charge in [0.15, 0.2) is 0 Å². The first-order valence-electron chi connectivity index (χ1n) is 11.9. The summed E-state index contributed by atoms with van der Waals surface area (Å²) in [5.41, 5.74) is 2.93. The molecule has 0 saturated heterocycles. The van der Waals surface area contributed by atoms with Crippen LogP contribution in [0.4, 0.5) is 0 Å². The van der Waals surface area contributed by atoms with E-state index in [0.29, 0.717) is 12.8 Å². The van der Waals surface area contributed by atoms with Crippen molar-refractivity contribution < 1.29 is 33.1 Å². The average molecular weight is 446 g/mol. The molecule has 0 aliphatic carbocycles. The molecular weight excluding hydrogens is 398 g/mol. The highest BCUT2D eigenvalue weighted by Gasteiger charge is 2.44. The van der Waals surface area contributed by atoms with E-state index in [2.05, 4.69) is 31.4 Å². The van der Waals surface area contributed by atoms with Crippen LogP contribution in [0.25, 0.3) is 0 Å². The van der Waals surface area contributed by atoms with E-state index in [-0.39, 0.29) is 37.4 Å². The molecule has 0 aromatic heterocycles. The fourth-order valence-corrected chi connectivity index (χ4v) is 4.37. The van der Waals surface area contributed by atoms with E-state index in [1.165, 1.54) is 51.4 Å². The minimum absolute atomic E-state index is 0. The molecule has 0 aliphatic rings. The Morgan fingerprint density at radius 2 is 1.43 bits per heavy atom. The highest BCUT2D eigenvalue weighted by molar-refractivity contribution is 5.73. The molecule has 0 heterocycles. The maximum Gasteiger partial charge on any atom is 0.315 e. The number of amides is 1. The van der Waals surface area contributed by atoms with Gasteiger partial charge in [0.05, 0.1) is 5.41 Å². The maximum absolute atomic E-state index is 12.3. The second kappa shape index (κ2) is 21.5. The molecule has 5 heteroatoms. The molecule has 0 aromatic rings. The summed E-state index contributed by atoms with van der Waals surface area (Å²) >= 11 is 0. The number of aliphatic hydroxyl groups is 2. The van der Waals surface area contributed by atoms with Gasteiger partial charge in [0.1, 0.15) is 0 Å². The quantitative estimate of drug-likeness (QED) is 0.186. The van der Waals surface area contributed by atoms with Gasteiger partial charge < -0.3 is 22.6 Å². The molecule has 178 valence electrons. The molecular formula is C25H48ClNO3. The number of hydrogen-bond acceptors (Lipinski definition) is 3. The molecule has 1 atom stereocenters. The van der Waals surface area contributed by atoms with Crippen LogP contribution < -0.4 is 18.1 Å². The zero-order valence-electron chi connectivity index (χ0n) is 19.4. The SMILES string of the molecule is C=CCC(CCCCC/C=C\CCCCCCCC)C(CCO)(CCO)C([NH3+])=O.[Cl-]. The van der Waals surface area contributed by atoms with Crippen LogP contribution in [0.15, 0.2) is 24.8 Å². The summed E-state index contributed by atoms with van der Waals surface area (Å²) in [5.74, 6) is -0.0716. The van der Waals surface area contributed by atoms with Crippen molar-refractivity contribution in [3.05, 3.63) is 24.8 Å². The first-order chi connectivity index (χ1) is 14.1. The molecule has 0 spiro atoms. The summed E-state index contributed by atoms with van der Waals surface area (Å²) in [5, 5.41) is 19.0. The lowest BCUT2D eigenvalue weighted by molar-refractivity contribution is -0.324. The number of rotatable bonds is 21. The zero-order valence-corrected chi connectivity index (χ0v) is 20.2. The van der Waals surface area contributed by atoms with Crippen LogP contribution in [0.1, 0.15) is 103 Å². The Labute approximate surface area is 191 Å². The Balaban J connectivity index is 0. The highest BCUT2D eigenvalue weighted by Crippen LogP contribution is 2.40. The van der Waals surface area contributed by atoms with Gasteiger partial charge in [-0.2, -0.15) is 0 Å². The first kappa shape index (κ1) is 31.5. The number of hydrogen-bond donors (Lipinski definition) is 3. The fraction of sp³-hybridized carbons (Fsp3) is 0.800. The summed E-state index contributed by atoms with van der Waals surface area (Å²) in [6, 6.07) is 0. The van der Waals surface area contributed by atoms with Crippen molar-refractivity contribution in [2.45, 2.75) is 103 Å². The summed E-state index contributed by atoms with van der Waals surface area (Å²) in [7, 11) is 0. The number of quaternary nitrogens is 1. The van der Waals surface area contributed by atoms with E-state index in [9.17, 15) is 15.0 Å². The summed E-state index contributed by atoms with van der Waals surface area (Å²) < 4.78 is 0. The average Bonchev–Trinajstić information content (AvgIpc) is 2.70. The Morgan fingerprint density at radius 3 is 1.90 bits per heavy atom. The molecule has 0 saturated carbocycles. The Kier molecular flexibility index (Phi) is 22.6. The molecule has 0 aliphatic heterocycles. The Hall–Kier alpha value is -0.680. The molecule has 0 bridgehead atoms. The van der Waals surface area contributed by atoms with E-state index in [0.717, 1.165) is 32.1 Å². The van der Waals surface area contributed by atoms with E-state index >= 15 is 0 Å². The number of carbonyl (C=O) groups excluding carboxylic acids is 1. The molecule has 0 fully saturated rings. The number of aliphatic hydroxyl groups excluding tert-OH is 2. The lowest BCUT2D eigenvalue weighted by Crippen LogP contribution is -3.00. The standard InChI is InChI=1S/C25H47NO3.ClH/c1-3-5-6-7-8-9-10-11-12-13-14-15-16-18-23(17-4-2)25(19-21-27,20-22-28)24(26)29;/h4,11-12,23,27-28H,2-3,5-10,13-22H2,1H3,(H2,26,29);1H/b12-11-;. The lowest BCUT2D eigenvalue weighted by Gasteiger charge is -2.35. The van der Waals surface area contributed by atoms with Crippen LogP contribution in [0.2, 0.25) is 0 Å². The van der Waals surface area contributed by atoms with Gasteiger partial charge >= 0.3 is 5.91 Å². The van der Waals surface area contributed by atoms with Crippen molar-refractivity contribution >= 4 is 5.91 Å². The van der Waals surface area contributed by atoms with E-state index in [1.807, 2.05) is 6.08 Å². The molecule has 0 rings (SSSR count). The second-order valence-corrected chi connectivity index (χ2v) is 8.41. The van der Waals surface area contributed by atoms with Crippen molar-refractivity contribution in [2.75, 3.05) is 13.2 Å². The number of allylic oxidation sites excluding steroid dienone is 3. The van der Waals surface area contributed by atoms with Crippen molar-refractivity contribution in [1.29, 1.82) is 0 Å². The Bertz CT molecular complexity index is 434. The van der Waals surface area contributed by atoms with Crippen LogP contribution in [0.5, 0.6) is 0 Å². The molecule has 0 radical (unpaired) electrons. The summed E-state index contributed by atoms with van der Waals surface area (Å²) in [4.78, 5) is 12.3. The molecule has 1 unspecified atom stereocenters. The fourth-order valence-electron chi connectivity index (χ4n) is 4.37. The molecule has 4 nitrogen and oxygen atoms in total. The van der Waals surface area contributed by atoms with Crippen molar-refractivity contribution in [2.24, 2.45) is 11.3 Å². The van der Waals surface area contributed by atoms with Crippen molar-refractivity contribution in [1.82, 2.24) is 0 Å². The van der Waals surface area contributed by atoms with Crippen molar-refractivity contribution in [3.8, 4) is 0 Å². The number of unbranched alkanes of at least 4 members (excludes halogenated alkanes) is 9. The largest absolute Gasteiger partial charge is 1.00 e. The monoisotopic (exact) mass is 445 g/mol. The van der Waals surface area contributed by atoms with Gasteiger partial charge in [-0.15, -0.1) is 6.58 Å². The van der Waals surface area contributed by atoms with Crippen LogP contribution >= 0.6 is 0 Å². The maximum atomic E-state index is 12.3. The van der Waals surface area contributed by atoms with E-state index < -0.39 is 5.41 Å². The number of carbonyl (C=O) groups is 1. The topological polar surface area (TPSA) is 85.2 Å². The van der Waals surface area contributed by atoms with Crippen LogP contribution in [0.3, 0.4) is 0 Å². The molecule has 30 heavy (non-hydrogen) atoms. The third-order valence-corrected chi connectivity index (χ3v) is 6.22. The minimum Gasteiger partial charge on any atom is -1.00 e. The van der Waals surface area contributed by atoms with E-state index in [4.69, 9.17) is 0 Å². The second-order valence-electron chi connectivity index (χ2n) is 8.41. The summed E-state index contributed by atoms with van der Waals surface area (Å²) in [6.07, 6.45) is 22.6. The van der Waals surface area contributed by atoms with E-state index in [1.54, 1.807) is 0 Å². The predicted molar refractivity (Wildman–Crippen MR) is 122 cm³/mol. The van der Waals surface area contributed by atoms with Gasteiger partial charge in [-0.25, -0.2) is 4.79 Å². The third kappa shape index (κ3) is 13.6. The lowest BCUT2D eigenvalue weighted by atomic mass is 9.67. The highest BCUT2D eigenvalue weighted by atomic mass is 35.5. The van der Waals surface area contributed by atoms with Crippen molar-refractivity contribution in [3.63, 3.8) is 0 Å².